The van der Waals surface area contributed by atoms with Crippen LogP contribution in [-0.2, 0) is 16.6 Å². The van der Waals surface area contributed by atoms with Gasteiger partial charge in [-0.15, -0.1) is 0 Å². The highest BCUT2D eigenvalue weighted by molar-refractivity contribution is 7.89. The third kappa shape index (κ3) is 2.76. The lowest BCUT2D eigenvalue weighted by atomic mass is 10.1. The van der Waals surface area contributed by atoms with E-state index in [1.807, 2.05) is 31.2 Å². The first-order chi connectivity index (χ1) is 11.3. The van der Waals surface area contributed by atoms with Crippen LogP contribution in [0.1, 0.15) is 11.1 Å². The second-order valence-electron chi connectivity index (χ2n) is 5.80. The van der Waals surface area contributed by atoms with Gasteiger partial charge in [0.1, 0.15) is 0 Å². The maximum absolute atomic E-state index is 12.2. The average molecular weight is 346 g/mol. The summed E-state index contributed by atoms with van der Waals surface area (Å²) in [6.45, 7) is 2.35. The van der Waals surface area contributed by atoms with Crippen LogP contribution in [0.2, 0.25) is 0 Å². The molecule has 0 aliphatic carbocycles. The van der Waals surface area contributed by atoms with Crippen molar-refractivity contribution in [3.05, 3.63) is 64.1 Å². The SMILES string of the molecule is Cc1ccccc1Cn1c(=O)oc2cc(S(=O)(=O)N(C)C)ccc21. The fraction of sp³-hybridized carbons (Fsp3) is 0.235. The number of nitrogens with zero attached hydrogens (tertiary/aromatic N) is 2. The van der Waals surface area contributed by atoms with Crippen molar-refractivity contribution in [1.82, 2.24) is 8.87 Å². The lowest BCUT2D eigenvalue weighted by Crippen LogP contribution is -2.22. The molecule has 0 radical (unpaired) electrons. The van der Waals surface area contributed by atoms with E-state index in [0.717, 1.165) is 15.4 Å². The first-order valence-corrected chi connectivity index (χ1v) is 8.85. The molecule has 0 saturated carbocycles. The molecular weight excluding hydrogens is 328 g/mol. The average Bonchev–Trinajstić information content (AvgIpc) is 2.84. The summed E-state index contributed by atoms with van der Waals surface area (Å²) >= 11 is 0. The van der Waals surface area contributed by atoms with Crippen LogP contribution in [0.25, 0.3) is 11.1 Å². The zero-order chi connectivity index (χ0) is 17.5. The quantitative estimate of drug-likeness (QED) is 0.726. The Morgan fingerprint density at radius 1 is 1.12 bits per heavy atom. The lowest BCUT2D eigenvalue weighted by Gasteiger charge is -2.11. The zero-order valence-corrected chi connectivity index (χ0v) is 14.5. The summed E-state index contributed by atoms with van der Waals surface area (Å²) in [5.74, 6) is -0.507. The molecule has 126 valence electrons. The summed E-state index contributed by atoms with van der Waals surface area (Å²) in [6.07, 6.45) is 0. The molecule has 7 heteroatoms. The topological polar surface area (TPSA) is 72.5 Å². The third-order valence-electron chi connectivity index (χ3n) is 4.01. The number of aromatic nitrogens is 1. The summed E-state index contributed by atoms with van der Waals surface area (Å²) in [5.41, 5.74) is 2.91. The van der Waals surface area contributed by atoms with Crippen molar-refractivity contribution in [1.29, 1.82) is 0 Å². The van der Waals surface area contributed by atoms with Gasteiger partial charge in [0.25, 0.3) is 0 Å². The Labute approximate surface area is 140 Å². The Kier molecular flexibility index (Phi) is 4.06. The first kappa shape index (κ1) is 16.5. The maximum Gasteiger partial charge on any atom is 0.420 e. The van der Waals surface area contributed by atoms with Gasteiger partial charge in [-0.3, -0.25) is 4.57 Å². The fourth-order valence-corrected chi connectivity index (χ4v) is 3.44. The van der Waals surface area contributed by atoms with Gasteiger partial charge in [-0.1, -0.05) is 24.3 Å². The van der Waals surface area contributed by atoms with Crippen LogP contribution in [-0.4, -0.2) is 31.4 Å². The Hall–Kier alpha value is -2.38. The van der Waals surface area contributed by atoms with Gasteiger partial charge in [-0.25, -0.2) is 17.5 Å². The van der Waals surface area contributed by atoms with Crippen LogP contribution in [0.3, 0.4) is 0 Å². The molecule has 24 heavy (non-hydrogen) atoms. The van der Waals surface area contributed by atoms with E-state index in [2.05, 4.69) is 0 Å². The molecule has 0 atom stereocenters. The Bertz CT molecular complexity index is 1060. The second kappa shape index (κ2) is 5.92. The van der Waals surface area contributed by atoms with Gasteiger partial charge < -0.3 is 4.42 Å². The molecule has 0 fully saturated rings. The Balaban J connectivity index is 2.11. The highest BCUT2D eigenvalue weighted by Gasteiger charge is 2.20. The van der Waals surface area contributed by atoms with Crippen LogP contribution in [0.5, 0.6) is 0 Å². The van der Waals surface area contributed by atoms with Gasteiger partial charge in [-0.05, 0) is 30.2 Å². The van der Waals surface area contributed by atoms with Crippen molar-refractivity contribution >= 4 is 21.1 Å². The van der Waals surface area contributed by atoms with Gasteiger partial charge in [0.2, 0.25) is 10.0 Å². The molecule has 1 aromatic heterocycles. The monoisotopic (exact) mass is 346 g/mol. The number of hydrogen-bond donors (Lipinski definition) is 0. The normalized spacial score (nSPS) is 12.2. The van der Waals surface area contributed by atoms with Crippen LogP contribution in [0.4, 0.5) is 0 Å². The second-order valence-corrected chi connectivity index (χ2v) is 7.95. The van der Waals surface area contributed by atoms with E-state index in [0.29, 0.717) is 12.1 Å². The van der Waals surface area contributed by atoms with Crippen molar-refractivity contribution in [3.8, 4) is 0 Å². The van der Waals surface area contributed by atoms with Crippen LogP contribution in [0.15, 0.2) is 56.6 Å². The molecule has 0 aliphatic heterocycles. The van der Waals surface area contributed by atoms with Crippen molar-refractivity contribution in [2.75, 3.05) is 14.1 Å². The summed E-state index contributed by atoms with van der Waals surface area (Å²) in [7, 11) is -0.661. The number of fused-ring (bicyclic) bond motifs is 1. The number of oxazole rings is 1. The minimum atomic E-state index is -3.58. The predicted octanol–water partition coefficient (Wildman–Crippen LogP) is 2.20. The molecule has 0 N–H and O–H groups in total. The van der Waals surface area contributed by atoms with Gasteiger partial charge in [0.15, 0.2) is 5.58 Å². The van der Waals surface area contributed by atoms with Crippen LogP contribution in [0, 0.1) is 6.92 Å². The molecule has 0 amide bonds. The van der Waals surface area contributed by atoms with Crippen LogP contribution < -0.4 is 5.76 Å². The van der Waals surface area contributed by atoms with Gasteiger partial charge in [0, 0.05) is 20.2 Å². The highest BCUT2D eigenvalue weighted by Crippen LogP contribution is 2.21. The molecule has 3 rings (SSSR count). The number of sulfonamides is 1. The van der Waals surface area contributed by atoms with Crippen molar-refractivity contribution in [2.24, 2.45) is 0 Å². The maximum atomic E-state index is 12.2. The molecule has 0 spiro atoms. The summed E-state index contributed by atoms with van der Waals surface area (Å²) in [5, 5.41) is 0. The van der Waals surface area contributed by atoms with Crippen molar-refractivity contribution < 1.29 is 12.8 Å². The standard InChI is InChI=1S/C17H18N2O4S/c1-12-6-4-5-7-13(12)11-19-15-9-8-14(24(21,22)18(2)3)10-16(15)23-17(19)20/h4-10H,11H2,1-3H3. The molecule has 0 saturated heterocycles. The Morgan fingerprint density at radius 2 is 1.83 bits per heavy atom. The molecule has 0 aliphatic rings. The van der Waals surface area contributed by atoms with E-state index in [4.69, 9.17) is 4.42 Å². The molecule has 0 unspecified atom stereocenters. The third-order valence-corrected chi connectivity index (χ3v) is 5.82. The van der Waals surface area contributed by atoms with Gasteiger partial charge in [0.05, 0.1) is 17.0 Å². The van der Waals surface area contributed by atoms with Gasteiger partial charge in [-0.2, -0.15) is 0 Å². The predicted molar refractivity (Wildman–Crippen MR) is 91.6 cm³/mol. The van der Waals surface area contributed by atoms with E-state index in [-0.39, 0.29) is 10.5 Å². The zero-order valence-electron chi connectivity index (χ0n) is 13.7. The fourth-order valence-electron chi connectivity index (χ4n) is 2.53. The molecule has 1 heterocycles. The van der Waals surface area contributed by atoms with E-state index >= 15 is 0 Å². The summed E-state index contributed by atoms with van der Waals surface area (Å²) in [6, 6.07) is 12.3. The van der Waals surface area contributed by atoms with Gasteiger partial charge >= 0.3 is 5.76 Å². The van der Waals surface area contributed by atoms with Crippen molar-refractivity contribution in [2.45, 2.75) is 18.4 Å². The van der Waals surface area contributed by atoms with Crippen molar-refractivity contribution in [3.63, 3.8) is 0 Å². The molecular formula is C17H18N2O4S. The van der Waals surface area contributed by atoms with E-state index in [9.17, 15) is 13.2 Å². The minimum Gasteiger partial charge on any atom is -0.408 e. The summed E-state index contributed by atoms with van der Waals surface area (Å²) in [4.78, 5) is 12.3. The number of benzene rings is 2. The van der Waals surface area contributed by atoms with E-state index in [1.54, 1.807) is 6.07 Å². The molecule has 2 aromatic carbocycles. The molecule has 3 aromatic rings. The molecule has 6 nitrogen and oxygen atoms in total. The number of rotatable bonds is 4. The number of hydrogen-bond acceptors (Lipinski definition) is 4. The van der Waals surface area contributed by atoms with E-state index < -0.39 is 15.8 Å². The lowest BCUT2D eigenvalue weighted by molar-refractivity contribution is 0.513. The molecule has 0 bridgehead atoms. The largest absolute Gasteiger partial charge is 0.420 e. The van der Waals surface area contributed by atoms with E-state index in [1.165, 1.54) is 30.8 Å². The minimum absolute atomic E-state index is 0.0943. The Morgan fingerprint density at radius 3 is 2.50 bits per heavy atom. The van der Waals surface area contributed by atoms with Crippen LogP contribution >= 0.6 is 0 Å². The highest BCUT2D eigenvalue weighted by atomic mass is 32.2. The first-order valence-electron chi connectivity index (χ1n) is 7.41. The smallest absolute Gasteiger partial charge is 0.408 e. The summed E-state index contributed by atoms with van der Waals surface area (Å²) < 4.78 is 32.3. The number of aryl methyl sites for hydroxylation is 1.